The Kier molecular flexibility index (Phi) is 5.16. The van der Waals surface area contributed by atoms with Crippen LogP contribution in [0.25, 0.3) is 11.0 Å². The number of aryl methyl sites for hydroxylation is 1. The molecule has 3 aromatic rings. The summed E-state index contributed by atoms with van der Waals surface area (Å²) in [6.07, 6.45) is -3.60. The largest absolute Gasteiger partial charge is 0.433 e. The van der Waals surface area contributed by atoms with Crippen LogP contribution in [0.2, 0.25) is 0 Å². The van der Waals surface area contributed by atoms with Gasteiger partial charge in [0, 0.05) is 6.54 Å². The topological polar surface area (TPSA) is 76.9 Å². The first kappa shape index (κ1) is 21.2. The minimum atomic E-state index is -4.61. The minimum Gasteiger partial charge on any atom is -0.327 e. The summed E-state index contributed by atoms with van der Waals surface area (Å²) < 4.78 is 81.5. The van der Waals surface area contributed by atoms with E-state index in [0.717, 1.165) is 36.5 Å². The molecule has 3 rings (SSSR count). The van der Waals surface area contributed by atoms with Crippen molar-refractivity contribution in [2.45, 2.75) is 43.9 Å². The molecule has 11 heteroatoms. The van der Waals surface area contributed by atoms with Crippen molar-refractivity contribution in [2.75, 3.05) is 0 Å². The number of nitrogens with zero attached hydrogens (tertiary/aromatic N) is 3. The van der Waals surface area contributed by atoms with Crippen molar-refractivity contribution in [3.8, 4) is 0 Å². The van der Waals surface area contributed by atoms with Crippen LogP contribution in [0, 0.1) is 5.82 Å². The Labute approximate surface area is 164 Å². The average molecular weight is 430 g/mol. The number of rotatable bonds is 5. The smallest absolute Gasteiger partial charge is 0.327 e. The average Bonchev–Trinajstić information content (AvgIpc) is 2.99. The zero-order valence-electron chi connectivity index (χ0n) is 15.7. The Bertz CT molecular complexity index is 1150. The summed E-state index contributed by atoms with van der Waals surface area (Å²) in [5.41, 5.74) is -1.93. The van der Waals surface area contributed by atoms with Gasteiger partial charge < -0.3 is 4.57 Å². The molecule has 2 aromatic heterocycles. The molecule has 0 spiro atoms. The molecule has 0 radical (unpaired) electrons. The number of fused-ring (bicyclic) bond motifs is 1. The van der Waals surface area contributed by atoms with Gasteiger partial charge in [-0.15, -0.1) is 0 Å². The molecule has 0 aliphatic rings. The Morgan fingerprint density at radius 3 is 2.31 bits per heavy atom. The van der Waals surface area contributed by atoms with E-state index < -0.39 is 33.2 Å². The molecule has 0 saturated carbocycles. The van der Waals surface area contributed by atoms with Gasteiger partial charge in [-0.25, -0.2) is 22.8 Å². The molecule has 0 aliphatic carbocycles. The van der Waals surface area contributed by atoms with E-state index in [9.17, 15) is 26.0 Å². The Balaban J connectivity index is 2.07. The predicted octanol–water partition coefficient (Wildman–Crippen LogP) is 3.82. The minimum absolute atomic E-state index is 0.146. The fourth-order valence-corrected chi connectivity index (χ4v) is 4.41. The van der Waals surface area contributed by atoms with Gasteiger partial charge in [0.05, 0.1) is 22.1 Å². The third kappa shape index (κ3) is 4.10. The number of pyridine rings is 1. The fourth-order valence-electron chi connectivity index (χ4n) is 3.03. The summed E-state index contributed by atoms with van der Waals surface area (Å²) in [7, 11) is -4.04. The highest BCUT2D eigenvalue weighted by Gasteiger charge is 2.35. The lowest BCUT2D eigenvalue weighted by molar-refractivity contribution is -0.141. The van der Waals surface area contributed by atoms with Gasteiger partial charge >= 0.3 is 6.18 Å². The quantitative estimate of drug-likeness (QED) is 0.625. The van der Waals surface area contributed by atoms with Gasteiger partial charge in [-0.3, -0.25) is 0 Å². The van der Waals surface area contributed by atoms with Crippen molar-refractivity contribution in [1.29, 1.82) is 0 Å². The number of hydrogen-bond donors (Lipinski definition) is 1. The van der Waals surface area contributed by atoms with Gasteiger partial charge in [-0.05, 0) is 51.1 Å². The molecule has 2 heterocycles. The number of sulfonamides is 1. The lowest BCUT2D eigenvalue weighted by Gasteiger charge is -2.26. The van der Waals surface area contributed by atoms with E-state index in [-0.39, 0.29) is 28.3 Å². The van der Waals surface area contributed by atoms with Crippen LogP contribution in [0.15, 0.2) is 41.4 Å². The number of alkyl halides is 3. The van der Waals surface area contributed by atoms with E-state index >= 15 is 0 Å². The Morgan fingerprint density at radius 1 is 1.14 bits per heavy atom. The molecule has 0 unspecified atom stereocenters. The van der Waals surface area contributed by atoms with Gasteiger partial charge in [-0.1, -0.05) is 0 Å². The first-order valence-electron chi connectivity index (χ1n) is 8.58. The zero-order valence-corrected chi connectivity index (χ0v) is 16.6. The maximum absolute atomic E-state index is 13.1. The van der Waals surface area contributed by atoms with E-state index in [1.54, 1.807) is 20.8 Å². The maximum Gasteiger partial charge on any atom is 0.433 e. The molecule has 0 aliphatic heterocycles. The molecule has 1 aromatic carbocycles. The third-order valence-electron chi connectivity index (χ3n) is 4.31. The van der Waals surface area contributed by atoms with Gasteiger partial charge in [0.1, 0.15) is 22.9 Å². The van der Waals surface area contributed by atoms with E-state index in [4.69, 9.17) is 0 Å². The second-order valence-corrected chi connectivity index (χ2v) is 8.60. The van der Waals surface area contributed by atoms with Crippen LogP contribution in [0.5, 0.6) is 0 Å². The number of aromatic nitrogens is 3. The van der Waals surface area contributed by atoms with Gasteiger partial charge in [0.2, 0.25) is 10.0 Å². The number of imidazole rings is 1. The van der Waals surface area contributed by atoms with Crippen molar-refractivity contribution in [3.63, 3.8) is 0 Å². The number of hydrogen-bond acceptors (Lipinski definition) is 4. The lowest BCUT2D eigenvalue weighted by Crippen LogP contribution is -2.42. The second-order valence-electron chi connectivity index (χ2n) is 6.92. The SMILES string of the molecule is CCn1c(C(C)(C)NS(=O)(=O)c2ccc(F)cc2)nc2cnc(C(F)(F)F)cc21. The van der Waals surface area contributed by atoms with E-state index in [1.165, 1.54) is 4.57 Å². The summed E-state index contributed by atoms with van der Waals surface area (Å²) >= 11 is 0. The van der Waals surface area contributed by atoms with Crippen molar-refractivity contribution < 1.29 is 26.0 Å². The standard InChI is InChI=1S/C18H18F4N4O2S/c1-4-26-14-9-15(18(20,21)22)23-10-13(14)24-16(26)17(2,3)25-29(27,28)12-7-5-11(19)6-8-12/h5-10,25H,4H2,1-3H3. The van der Waals surface area contributed by atoms with Gasteiger partial charge in [-0.2, -0.15) is 17.9 Å². The molecule has 0 saturated heterocycles. The summed E-state index contributed by atoms with van der Waals surface area (Å²) in [5.74, 6) is -0.356. The molecule has 0 fully saturated rings. The fraction of sp³-hybridized carbons (Fsp3) is 0.333. The van der Waals surface area contributed by atoms with Crippen LogP contribution in [0.4, 0.5) is 17.6 Å². The summed E-state index contributed by atoms with van der Waals surface area (Å²) in [4.78, 5) is 7.57. The number of halogens is 4. The number of nitrogens with one attached hydrogen (secondary N) is 1. The van der Waals surface area contributed by atoms with Crippen LogP contribution in [-0.4, -0.2) is 23.0 Å². The van der Waals surface area contributed by atoms with E-state index in [1.807, 2.05) is 0 Å². The third-order valence-corrected chi connectivity index (χ3v) is 5.99. The number of benzene rings is 1. The molecule has 29 heavy (non-hydrogen) atoms. The van der Waals surface area contributed by atoms with Crippen molar-refractivity contribution in [2.24, 2.45) is 0 Å². The normalized spacial score (nSPS) is 13.2. The summed E-state index contributed by atoms with van der Waals surface area (Å²) in [6, 6.07) is 5.17. The molecule has 1 N–H and O–H groups in total. The van der Waals surface area contributed by atoms with Crippen LogP contribution >= 0.6 is 0 Å². The molecule has 0 bridgehead atoms. The van der Waals surface area contributed by atoms with Crippen molar-refractivity contribution in [1.82, 2.24) is 19.3 Å². The molecule has 0 amide bonds. The Morgan fingerprint density at radius 2 is 1.76 bits per heavy atom. The van der Waals surface area contributed by atoms with Gasteiger partial charge in [0.25, 0.3) is 0 Å². The van der Waals surface area contributed by atoms with Crippen LogP contribution < -0.4 is 4.72 Å². The van der Waals surface area contributed by atoms with Crippen LogP contribution in [0.3, 0.4) is 0 Å². The van der Waals surface area contributed by atoms with Crippen molar-refractivity contribution in [3.05, 3.63) is 53.9 Å². The summed E-state index contributed by atoms with van der Waals surface area (Å²) in [6.45, 7) is 5.05. The molecule has 6 nitrogen and oxygen atoms in total. The highest BCUT2D eigenvalue weighted by atomic mass is 32.2. The Hall–Kier alpha value is -2.53. The lowest BCUT2D eigenvalue weighted by atomic mass is 10.1. The van der Waals surface area contributed by atoms with Crippen molar-refractivity contribution >= 4 is 21.1 Å². The molecule has 156 valence electrons. The highest BCUT2D eigenvalue weighted by Crippen LogP contribution is 2.32. The predicted molar refractivity (Wildman–Crippen MR) is 98.0 cm³/mol. The maximum atomic E-state index is 13.1. The van der Waals surface area contributed by atoms with Gasteiger partial charge in [0.15, 0.2) is 0 Å². The molecular formula is C18H18F4N4O2S. The monoisotopic (exact) mass is 430 g/mol. The summed E-state index contributed by atoms with van der Waals surface area (Å²) in [5, 5.41) is 0. The highest BCUT2D eigenvalue weighted by molar-refractivity contribution is 7.89. The zero-order chi connectivity index (χ0) is 21.6. The molecule has 0 atom stereocenters. The second kappa shape index (κ2) is 7.06. The molecular weight excluding hydrogens is 412 g/mol. The van der Waals surface area contributed by atoms with E-state index in [0.29, 0.717) is 0 Å². The van der Waals surface area contributed by atoms with E-state index in [2.05, 4.69) is 14.7 Å². The van der Waals surface area contributed by atoms with Crippen LogP contribution in [-0.2, 0) is 28.3 Å². The first-order chi connectivity index (χ1) is 13.3. The first-order valence-corrected chi connectivity index (χ1v) is 10.1. The van der Waals surface area contributed by atoms with Crippen LogP contribution in [0.1, 0.15) is 32.3 Å².